The van der Waals surface area contributed by atoms with Crippen LogP contribution in [0.4, 0.5) is 13.2 Å². The molecule has 92 valence electrons. The number of alkyl halides is 3. The molecular formula is C13H13F3O. The van der Waals surface area contributed by atoms with E-state index in [1.54, 1.807) is 12.1 Å². The molecule has 2 rings (SSSR count). The average Bonchev–Trinajstić information content (AvgIpc) is 2.13. The highest BCUT2D eigenvalue weighted by Gasteiger charge is 2.31. The number of benzene rings is 1. The molecule has 0 saturated heterocycles. The van der Waals surface area contributed by atoms with E-state index in [2.05, 4.69) is 0 Å². The minimum Gasteiger partial charge on any atom is -0.294 e. The molecule has 17 heavy (non-hydrogen) atoms. The van der Waals surface area contributed by atoms with Crippen LogP contribution in [0.2, 0.25) is 0 Å². The summed E-state index contributed by atoms with van der Waals surface area (Å²) < 4.78 is 36.1. The van der Waals surface area contributed by atoms with Crippen LogP contribution in [0, 0.1) is 0 Å². The zero-order valence-electron chi connectivity index (χ0n) is 9.26. The first-order chi connectivity index (χ1) is 7.96. The van der Waals surface area contributed by atoms with E-state index in [1.807, 2.05) is 0 Å². The second-order valence-electron chi connectivity index (χ2n) is 4.46. The van der Waals surface area contributed by atoms with Crippen molar-refractivity contribution in [2.45, 2.75) is 37.8 Å². The predicted octanol–water partition coefficient (Wildman–Crippen LogP) is 4.09. The molecule has 0 amide bonds. The summed E-state index contributed by atoms with van der Waals surface area (Å²) in [7, 11) is 0. The standard InChI is InChI=1S/C13H13F3O/c14-13(15,16)8-12(17)11-6-4-10(5-7-11)9-2-1-3-9/h4-7,9H,1-3,8H2. The van der Waals surface area contributed by atoms with Crippen molar-refractivity contribution in [2.75, 3.05) is 0 Å². The molecule has 1 saturated carbocycles. The van der Waals surface area contributed by atoms with E-state index in [4.69, 9.17) is 0 Å². The number of Topliss-reactive ketones (excluding diaryl/α,β-unsaturated/α-hetero) is 1. The van der Waals surface area contributed by atoms with Gasteiger partial charge in [-0.05, 0) is 24.3 Å². The number of rotatable bonds is 3. The van der Waals surface area contributed by atoms with E-state index in [9.17, 15) is 18.0 Å². The normalized spacial score (nSPS) is 16.6. The molecule has 1 aliphatic rings. The summed E-state index contributed by atoms with van der Waals surface area (Å²) in [6.07, 6.45) is -2.33. The van der Waals surface area contributed by atoms with Crippen LogP contribution in [0.3, 0.4) is 0 Å². The Morgan fingerprint density at radius 3 is 2.18 bits per heavy atom. The van der Waals surface area contributed by atoms with Crippen molar-refractivity contribution in [1.29, 1.82) is 0 Å². The molecule has 0 unspecified atom stereocenters. The summed E-state index contributed by atoms with van der Waals surface area (Å²) in [5.41, 5.74) is 1.27. The van der Waals surface area contributed by atoms with Crippen molar-refractivity contribution in [1.82, 2.24) is 0 Å². The third kappa shape index (κ3) is 3.08. The highest BCUT2D eigenvalue weighted by Crippen LogP contribution is 2.36. The van der Waals surface area contributed by atoms with E-state index in [0.29, 0.717) is 5.92 Å². The molecule has 0 N–H and O–H groups in total. The third-order valence-corrected chi connectivity index (χ3v) is 3.17. The number of hydrogen-bond donors (Lipinski definition) is 0. The Morgan fingerprint density at radius 2 is 1.76 bits per heavy atom. The van der Waals surface area contributed by atoms with Crippen LogP contribution in [0.25, 0.3) is 0 Å². The van der Waals surface area contributed by atoms with Crippen LogP contribution in [0.5, 0.6) is 0 Å². The zero-order valence-corrected chi connectivity index (χ0v) is 9.26. The molecule has 1 aliphatic carbocycles. The lowest BCUT2D eigenvalue weighted by atomic mass is 9.80. The van der Waals surface area contributed by atoms with Gasteiger partial charge in [0.1, 0.15) is 6.42 Å². The Hall–Kier alpha value is -1.32. The first kappa shape index (κ1) is 12.1. The van der Waals surface area contributed by atoms with Crippen LogP contribution in [0.1, 0.15) is 47.5 Å². The molecule has 0 aromatic heterocycles. The summed E-state index contributed by atoms with van der Waals surface area (Å²) in [4.78, 5) is 11.3. The molecule has 0 spiro atoms. The summed E-state index contributed by atoms with van der Waals surface area (Å²) in [5.74, 6) is -0.334. The largest absolute Gasteiger partial charge is 0.396 e. The lowest BCUT2D eigenvalue weighted by Crippen LogP contribution is -2.15. The molecule has 1 nitrogen and oxygen atoms in total. The average molecular weight is 242 g/mol. The number of halogens is 3. The van der Waals surface area contributed by atoms with Crippen LogP contribution >= 0.6 is 0 Å². The van der Waals surface area contributed by atoms with Crippen LogP contribution < -0.4 is 0 Å². The fraction of sp³-hybridized carbons (Fsp3) is 0.462. The van der Waals surface area contributed by atoms with Crippen molar-refractivity contribution in [2.24, 2.45) is 0 Å². The highest BCUT2D eigenvalue weighted by atomic mass is 19.4. The summed E-state index contributed by atoms with van der Waals surface area (Å²) >= 11 is 0. The van der Waals surface area contributed by atoms with Gasteiger partial charge in [0.05, 0.1) is 0 Å². The predicted molar refractivity (Wildman–Crippen MR) is 58.0 cm³/mol. The van der Waals surface area contributed by atoms with Gasteiger partial charge in [0.25, 0.3) is 0 Å². The smallest absolute Gasteiger partial charge is 0.294 e. The molecular weight excluding hydrogens is 229 g/mol. The van der Waals surface area contributed by atoms with Crippen LogP contribution in [0.15, 0.2) is 24.3 Å². The second kappa shape index (κ2) is 4.51. The lowest BCUT2D eigenvalue weighted by Gasteiger charge is -2.25. The SMILES string of the molecule is O=C(CC(F)(F)F)c1ccc(C2CCC2)cc1. The number of carbonyl (C=O) groups excluding carboxylic acids is 1. The molecule has 0 heterocycles. The maximum atomic E-state index is 12.0. The maximum Gasteiger partial charge on any atom is 0.396 e. The van der Waals surface area contributed by atoms with Crippen LogP contribution in [-0.4, -0.2) is 12.0 Å². The summed E-state index contributed by atoms with van der Waals surface area (Å²) in [6.45, 7) is 0. The Bertz CT molecular complexity index is 402. The van der Waals surface area contributed by atoms with Gasteiger partial charge in [-0.2, -0.15) is 13.2 Å². The van der Waals surface area contributed by atoms with Gasteiger partial charge in [-0.3, -0.25) is 4.79 Å². The second-order valence-corrected chi connectivity index (χ2v) is 4.46. The summed E-state index contributed by atoms with van der Waals surface area (Å²) in [5, 5.41) is 0. The molecule has 4 heteroatoms. The topological polar surface area (TPSA) is 17.1 Å². The molecule has 0 atom stereocenters. The van der Waals surface area contributed by atoms with Gasteiger partial charge >= 0.3 is 6.18 Å². The van der Waals surface area contributed by atoms with Gasteiger partial charge in [-0.15, -0.1) is 0 Å². The number of carbonyl (C=O) groups is 1. The highest BCUT2D eigenvalue weighted by molar-refractivity contribution is 5.96. The first-order valence-electron chi connectivity index (χ1n) is 5.65. The lowest BCUT2D eigenvalue weighted by molar-refractivity contribution is -0.125. The van der Waals surface area contributed by atoms with E-state index < -0.39 is 18.4 Å². The van der Waals surface area contributed by atoms with Crippen molar-refractivity contribution in [3.63, 3.8) is 0 Å². The molecule has 0 radical (unpaired) electrons. The maximum absolute atomic E-state index is 12.0. The Morgan fingerprint density at radius 1 is 1.18 bits per heavy atom. The van der Waals surface area contributed by atoms with E-state index in [0.717, 1.165) is 18.4 Å². The minimum absolute atomic E-state index is 0.144. The van der Waals surface area contributed by atoms with Crippen LogP contribution in [-0.2, 0) is 0 Å². The number of ketones is 1. The van der Waals surface area contributed by atoms with E-state index in [-0.39, 0.29) is 5.56 Å². The van der Waals surface area contributed by atoms with Gasteiger partial charge in [0.2, 0.25) is 0 Å². The van der Waals surface area contributed by atoms with E-state index >= 15 is 0 Å². The van der Waals surface area contributed by atoms with Crippen molar-refractivity contribution >= 4 is 5.78 Å². The minimum atomic E-state index is -4.43. The van der Waals surface area contributed by atoms with Gasteiger partial charge in [-0.25, -0.2) is 0 Å². The zero-order chi connectivity index (χ0) is 12.5. The van der Waals surface area contributed by atoms with Gasteiger partial charge in [-0.1, -0.05) is 30.7 Å². The van der Waals surface area contributed by atoms with E-state index in [1.165, 1.54) is 18.6 Å². The Kier molecular flexibility index (Phi) is 3.22. The monoisotopic (exact) mass is 242 g/mol. The molecule has 0 aliphatic heterocycles. The van der Waals surface area contributed by atoms with Crippen molar-refractivity contribution < 1.29 is 18.0 Å². The summed E-state index contributed by atoms with van der Waals surface area (Å²) in [6, 6.07) is 6.55. The molecule has 0 bridgehead atoms. The first-order valence-corrected chi connectivity index (χ1v) is 5.65. The molecule has 1 aromatic carbocycles. The Labute approximate surface area is 97.6 Å². The Balaban J connectivity index is 2.04. The van der Waals surface area contributed by atoms with Gasteiger partial charge < -0.3 is 0 Å². The third-order valence-electron chi connectivity index (χ3n) is 3.17. The van der Waals surface area contributed by atoms with Crippen molar-refractivity contribution in [3.05, 3.63) is 35.4 Å². The fourth-order valence-corrected chi connectivity index (χ4v) is 1.97. The van der Waals surface area contributed by atoms with Gasteiger partial charge in [0.15, 0.2) is 5.78 Å². The van der Waals surface area contributed by atoms with Crippen molar-refractivity contribution in [3.8, 4) is 0 Å². The van der Waals surface area contributed by atoms with Gasteiger partial charge in [0, 0.05) is 5.56 Å². The molecule has 1 fully saturated rings. The quantitative estimate of drug-likeness (QED) is 0.729. The number of hydrogen-bond acceptors (Lipinski definition) is 1. The molecule has 1 aromatic rings. The fourth-order valence-electron chi connectivity index (χ4n) is 1.97.